The van der Waals surface area contributed by atoms with Crippen LogP contribution in [0, 0.1) is 5.82 Å². The molecule has 0 atom stereocenters. The fourth-order valence-corrected chi connectivity index (χ4v) is 3.25. The van der Waals surface area contributed by atoms with Gasteiger partial charge in [0.15, 0.2) is 0 Å². The van der Waals surface area contributed by atoms with Gasteiger partial charge in [0.2, 0.25) is 5.95 Å². The molecule has 0 saturated heterocycles. The monoisotopic (exact) mass is 466 g/mol. The fourth-order valence-electron chi connectivity index (χ4n) is 3.25. The maximum absolute atomic E-state index is 13.2. The van der Waals surface area contributed by atoms with Gasteiger partial charge >= 0.3 is 12.1 Å². The standard InChI is InChI=1S/C19H21FN6.C2HF3O2/c1-25(2)19-21-9-13(10-22-19)11-26-8-7-17-16(12-26)18(24-23-17)14-3-5-15(20)6-4-14;3-2(4,5)1(6)7/h3-6,9-10H,7-8,11-12H2,1-2H3,(H,23,24);(H,6,7). The molecule has 0 fully saturated rings. The molecule has 176 valence electrons. The van der Waals surface area contributed by atoms with E-state index in [9.17, 15) is 17.6 Å². The lowest BCUT2D eigenvalue weighted by Crippen LogP contribution is -2.30. The van der Waals surface area contributed by atoms with Crippen molar-refractivity contribution in [1.29, 1.82) is 0 Å². The molecule has 0 spiro atoms. The molecule has 0 unspecified atom stereocenters. The first-order chi connectivity index (χ1) is 15.5. The van der Waals surface area contributed by atoms with E-state index in [1.54, 1.807) is 12.1 Å². The summed E-state index contributed by atoms with van der Waals surface area (Å²) in [5.41, 5.74) is 5.28. The molecule has 8 nitrogen and oxygen atoms in total. The molecule has 3 heterocycles. The minimum absolute atomic E-state index is 0.235. The first-order valence-corrected chi connectivity index (χ1v) is 9.87. The number of carboxylic acid groups (broad SMARTS) is 1. The molecule has 33 heavy (non-hydrogen) atoms. The Kier molecular flexibility index (Phi) is 7.26. The third kappa shape index (κ3) is 6.25. The van der Waals surface area contributed by atoms with Gasteiger partial charge in [-0.05, 0) is 24.3 Å². The highest BCUT2D eigenvalue weighted by atomic mass is 19.4. The number of rotatable bonds is 4. The Hall–Kier alpha value is -3.54. The highest BCUT2D eigenvalue weighted by Crippen LogP contribution is 2.29. The number of nitrogens with zero attached hydrogens (tertiary/aromatic N) is 5. The summed E-state index contributed by atoms with van der Waals surface area (Å²) in [5.74, 6) is -2.28. The van der Waals surface area contributed by atoms with Crippen LogP contribution in [-0.2, 0) is 24.3 Å². The van der Waals surface area contributed by atoms with Crippen LogP contribution < -0.4 is 4.90 Å². The van der Waals surface area contributed by atoms with Gasteiger partial charge in [-0.3, -0.25) is 10.00 Å². The SMILES string of the molecule is CN(C)c1ncc(CN2CCc3[nH]nc(-c4ccc(F)cc4)c3C2)cn1.O=C(O)C(F)(F)F. The number of hydrogen-bond donors (Lipinski definition) is 2. The average molecular weight is 466 g/mol. The molecular weight excluding hydrogens is 444 g/mol. The third-order valence-electron chi connectivity index (χ3n) is 4.87. The summed E-state index contributed by atoms with van der Waals surface area (Å²) in [6.45, 7) is 2.54. The Morgan fingerprint density at radius 1 is 1.18 bits per heavy atom. The van der Waals surface area contributed by atoms with Crippen LogP contribution in [0.4, 0.5) is 23.5 Å². The van der Waals surface area contributed by atoms with Gasteiger partial charge in [0.1, 0.15) is 5.82 Å². The van der Waals surface area contributed by atoms with Crippen molar-refractivity contribution in [3.05, 3.63) is 59.3 Å². The quantitative estimate of drug-likeness (QED) is 0.570. The fraction of sp³-hybridized carbons (Fsp3) is 0.333. The average Bonchev–Trinajstić information content (AvgIpc) is 3.18. The van der Waals surface area contributed by atoms with Crippen LogP contribution in [0.15, 0.2) is 36.7 Å². The molecule has 3 aromatic rings. The van der Waals surface area contributed by atoms with Crippen molar-refractivity contribution in [3.8, 4) is 11.3 Å². The molecule has 0 aliphatic carbocycles. The summed E-state index contributed by atoms with van der Waals surface area (Å²) in [6.07, 6.45) is -0.400. The normalized spacial score (nSPS) is 13.6. The van der Waals surface area contributed by atoms with Crippen molar-refractivity contribution in [3.63, 3.8) is 0 Å². The lowest BCUT2D eigenvalue weighted by Gasteiger charge is -2.27. The number of benzene rings is 1. The van der Waals surface area contributed by atoms with Crippen LogP contribution in [0.5, 0.6) is 0 Å². The number of fused-ring (bicyclic) bond motifs is 1. The number of hydrogen-bond acceptors (Lipinski definition) is 6. The zero-order valence-electron chi connectivity index (χ0n) is 17.9. The lowest BCUT2D eigenvalue weighted by molar-refractivity contribution is -0.192. The number of aromatic nitrogens is 4. The van der Waals surface area contributed by atoms with Crippen molar-refractivity contribution < 1.29 is 27.5 Å². The second-order valence-electron chi connectivity index (χ2n) is 7.59. The summed E-state index contributed by atoms with van der Waals surface area (Å²) >= 11 is 0. The van der Waals surface area contributed by atoms with Gasteiger partial charge < -0.3 is 10.0 Å². The van der Waals surface area contributed by atoms with Gasteiger partial charge in [-0.25, -0.2) is 19.2 Å². The number of carboxylic acids is 1. The Balaban J connectivity index is 0.000000383. The molecule has 0 saturated carbocycles. The predicted octanol–water partition coefficient (Wildman–Crippen LogP) is 3.26. The smallest absolute Gasteiger partial charge is 0.475 e. The van der Waals surface area contributed by atoms with E-state index in [-0.39, 0.29) is 5.82 Å². The van der Waals surface area contributed by atoms with E-state index in [0.717, 1.165) is 42.9 Å². The second-order valence-corrected chi connectivity index (χ2v) is 7.59. The zero-order valence-corrected chi connectivity index (χ0v) is 17.9. The van der Waals surface area contributed by atoms with Crippen molar-refractivity contribution in [2.45, 2.75) is 25.7 Å². The van der Waals surface area contributed by atoms with Crippen LogP contribution in [0.25, 0.3) is 11.3 Å². The van der Waals surface area contributed by atoms with Crippen LogP contribution in [0.3, 0.4) is 0 Å². The predicted molar refractivity (Wildman–Crippen MR) is 112 cm³/mol. The summed E-state index contributed by atoms with van der Waals surface area (Å²) in [4.78, 5) is 21.9. The van der Waals surface area contributed by atoms with Gasteiger partial charge in [-0.2, -0.15) is 18.3 Å². The molecule has 0 radical (unpaired) electrons. The van der Waals surface area contributed by atoms with Gasteiger partial charge in [0.25, 0.3) is 0 Å². The highest BCUT2D eigenvalue weighted by Gasteiger charge is 2.38. The van der Waals surface area contributed by atoms with Crippen LogP contribution in [0.1, 0.15) is 16.8 Å². The summed E-state index contributed by atoms with van der Waals surface area (Å²) in [6, 6.07) is 6.50. The minimum atomic E-state index is -5.08. The van der Waals surface area contributed by atoms with E-state index in [2.05, 4.69) is 25.1 Å². The van der Waals surface area contributed by atoms with Crippen LogP contribution in [0.2, 0.25) is 0 Å². The number of carbonyl (C=O) groups is 1. The Morgan fingerprint density at radius 3 is 2.33 bits per heavy atom. The minimum Gasteiger partial charge on any atom is -0.475 e. The van der Waals surface area contributed by atoms with Gasteiger partial charge in [0.05, 0.1) is 5.69 Å². The molecule has 1 aliphatic heterocycles. The molecule has 1 aromatic carbocycles. The highest BCUT2D eigenvalue weighted by molar-refractivity contribution is 5.73. The molecule has 2 N–H and O–H groups in total. The van der Waals surface area contributed by atoms with E-state index in [1.165, 1.54) is 23.4 Å². The Labute approximate surface area is 186 Å². The first kappa shape index (κ1) is 24.1. The first-order valence-electron chi connectivity index (χ1n) is 9.87. The van der Waals surface area contributed by atoms with Gasteiger partial charge in [-0.15, -0.1) is 0 Å². The van der Waals surface area contributed by atoms with E-state index in [0.29, 0.717) is 5.95 Å². The van der Waals surface area contributed by atoms with E-state index in [4.69, 9.17) is 9.90 Å². The van der Waals surface area contributed by atoms with E-state index < -0.39 is 12.1 Å². The zero-order chi connectivity index (χ0) is 24.2. The van der Waals surface area contributed by atoms with Gasteiger partial charge in [0, 0.05) is 74.9 Å². The molecule has 0 bridgehead atoms. The van der Waals surface area contributed by atoms with Crippen molar-refractivity contribution in [2.24, 2.45) is 0 Å². The molecular formula is C21H22F4N6O2. The van der Waals surface area contributed by atoms with Crippen LogP contribution in [-0.4, -0.2) is 63.0 Å². The third-order valence-corrected chi connectivity index (χ3v) is 4.87. The molecule has 4 rings (SSSR count). The molecule has 1 aliphatic rings. The topological polar surface area (TPSA) is 98.2 Å². The Bertz CT molecular complexity index is 1080. The number of aromatic amines is 1. The van der Waals surface area contributed by atoms with E-state index in [1.807, 2.05) is 31.4 Å². The number of alkyl halides is 3. The molecule has 0 amide bonds. The number of H-pyrrole nitrogens is 1. The van der Waals surface area contributed by atoms with Crippen molar-refractivity contribution >= 4 is 11.9 Å². The largest absolute Gasteiger partial charge is 0.490 e. The van der Waals surface area contributed by atoms with Gasteiger partial charge in [-0.1, -0.05) is 0 Å². The summed E-state index contributed by atoms with van der Waals surface area (Å²) in [5, 5.41) is 14.7. The van der Waals surface area contributed by atoms with Crippen molar-refractivity contribution in [1.82, 2.24) is 25.1 Å². The Morgan fingerprint density at radius 2 is 1.79 bits per heavy atom. The van der Waals surface area contributed by atoms with Crippen molar-refractivity contribution in [2.75, 3.05) is 25.5 Å². The lowest BCUT2D eigenvalue weighted by atomic mass is 10.0. The molecule has 2 aromatic heterocycles. The van der Waals surface area contributed by atoms with Crippen LogP contribution >= 0.6 is 0 Å². The number of anilines is 1. The number of nitrogens with one attached hydrogen (secondary N) is 1. The summed E-state index contributed by atoms with van der Waals surface area (Å²) < 4.78 is 44.9. The summed E-state index contributed by atoms with van der Waals surface area (Å²) in [7, 11) is 3.86. The maximum Gasteiger partial charge on any atom is 0.490 e. The molecule has 12 heteroatoms. The number of halogens is 4. The maximum atomic E-state index is 13.2. The number of aliphatic carboxylic acids is 1. The van der Waals surface area contributed by atoms with E-state index >= 15 is 0 Å². The second kappa shape index (κ2) is 9.94.